The monoisotopic (exact) mass is 465 g/mol. The van der Waals surface area contributed by atoms with Gasteiger partial charge in [0, 0.05) is 17.3 Å². The minimum atomic E-state index is -1.63. The van der Waals surface area contributed by atoms with Crippen molar-refractivity contribution in [3.63, 3.8) is 0 Å². The number of aromatic nitrogens is 1. The second-order valence-electron chi connectivity index (χ2n) is 8.11. The molecule has 2 aromatic carbocycles. The summed E-state index contributed by atoms with van der Waals surface area (Å²) in [6.07, 6.45) is 1.55. The molecule has 0 aliphatic carbocycles. The number of anilines is 1. The van der Waals surface area contributed by atoms with Gasteiger partial charge in [0.1, 0.15) is 23.9 Å². The maximum Gasteiger partial charge on any atom is 0.251 e. The van der Waals surface area contributed by atoms with Crippen molar-refractivity contribution in [2.75, 3.05) is 11.3 Å². The van der Waals surface area contributed by atoms with E-state index in [1.54, 1.807) is 54.7 Å². The zero-order valence-corrected chi connectivity index (χ0v) is 18.8. The fourth-order valence-corrected chi connectivity index (χ4v) is 3.99. The van der Waals surface area contributed by atoms with Crippen LogP contribution in [-0.2, 0) is 11.2 Å². The molecule has 5 N–H and O–H groups in total. The number of carbonyl (C=O) groups is 1. The van der Waals surface area contributed by atoms with Gasteiger partial charge < -0.3 is 20.9 Å². The maximum atomic E-state index is 12.9. The largest absolute Gasteiger partial charge is 0.508 e. The summed E-state index contributed by atoms with van der Waals surface area (Å²) < 4.78 is 24.2. The summed E-state index contributed by atoms with van der Waals surface area (Å²) in [6, 6.07) is 15.2. The molecule has 10 heteroatoms. The molecule has 3 aromatic rings. The lowest BCUT2D eigenvalue weighted by molar-refractivity contribution is 0.0880. The molecule has 1 atom stereocenters. The topological polar surface area (TPSA) is 139 Å². The van der Waals surface area contributed by atoms with Crippen LogP contribution in [0.25, 0.3) is 11.3 Å². The molecule has 9 nitrogen and oxygen atoms in total. The molecule has 1 unspecified atom stereocenters. The van der Waals surface area contributed by atoms with Gasteiger partial charge in [-0.05, 0) is 50.2 Å². The number of amides is 1. The Morgan fingerprint density at radius 3 is 2.79 bits per heavy atom. The summed E-state index contributed by atoms with van der Waals surface area (Å²) in [7, 11) is 0. The molecular formula is C23H23N5O4S. The van der Waals surface area contributed by atoms with Gasteiger partial charge in [0.15, 0.2) is 0 Å². The van der Waals surface area contributed by atoms with Crippen molar-refractivity contribution in [2.45, 2.75) is 19.4 Å². The number of rotatable bonds is 6. The molecule has 4 rings (SSSR count). The standard InChI is InChI=1S/C23H23N5O4S/c1-23(2,13-32-19-8-4-7-17-20(19)21(24)28-33(31)27-17)26-22(30)15-9-10-25-18(12-15)14-5-3-6-16(29)11-14/h3-12,27,29H,13H2,1-2H3,(H2,24,28)(H,26,30). The predicted molar refractivity (Wildman–Crippen MR) is 127 cm³/mol. The Hall–Kier alpha value is -3.92. The van der Waals surface area contributed by atoms with Crippen LogP contribution in [0.3, 0.4) is 0 Å². The second-order valence-corrected chi connectivity index (χ2v) is 9.00. The number of hydrogen-bond donors (Lipinski definition) is 4. The first-order valence-corrected chi connectivity index (χ1v) is 11.2. The first kappa shape index (κ1) is 22.3. The van der Waals surface area contributed by atoms with E-state index in [-0.39, 0.29) is 24.1 Å². The summed E-state index contributed by atoms with van der Waals surface area (Å²) >= 11 is -1.63. The molecular weight excluding hydrogens is 442 g/mol. The molecule has 1 aliphatic heterocycles. The number of carbonyl (C=O) groups excluding carboxylic acids is 1. The highest BCUT2D eigenvalue weighted by Crippen LogP contribution is 2.30. The Labute approximate surface area is 193 Å². The van der Waals surface area contributed by atoms with E-state index in [0.29, 0.717) is 33.8 Å². The smallest absolute Gasteiger partial charge is 0.251 e. The Morgan fingerprint density at radius 2 is 2.00 bits per heavy atom. The van der Waals surface area contributed by atoms with Crippen LogP contribution in [0.4, 0.5) is 5.69 Å². The Morgan fingerprint density at radius 1 is 1.21 bits per heavy atom. The minimum absolute atomic E-state index is 0.121. The van der Waals surface area contributed by atoms with E-state index in [1.807, 2.05) is 19.9 Å². The molecule has 0 saturated heterocycles. The van der Waals surface area contributed by atoms with E-state index < -0.39 is 16.7 Å². The van der Waals surface area contributed by atoms with Crippen LogP contribution in [0, 0.1) is 0 Å². The van der Waals surface area contributed by atoms with Gasteiger partial charge in [-0.3, -0.25) is 14.5 Å². The van der Waals surface area contributed by atoms with Crippen molar-refractivity contribution in [1.29, 1.82) is 0 Å². The van der Waals surface area contributed by atoms with Crippen LogP contribution in [0.1, 0.15) is 29.8 Å². The van der Waals surface area contributed by atoms with Crippen LogP contribution < -0.4 is 20.5 Å². The number of hydrogen-bond acceptors (Lipinski definition) is 6. The summed E-state index contributed by atoms with van der Waals surface area (Å²) in [5.74, 6) is 0.421. The van der Waals surface area contributed by atoms with Crippen molar-refractivity contribution >= 4 is 28.6 Å². The van der Waals surface area contributed by atoms with Gasteiger partial charge in [0.05, 0.1) is 22.5 Å². The average molecular weight is 466 g/mol. The molecule has 0 bridgehead atoms. The number of ether oxygens (including phenoxy) is 1. The molecule has 0 radical (unpaired) electrons. The van der Waals surface area contributed by atoms with E-state index >= 15 is 0 Å². The molecule has 170 valence electrons. The highest BCUT2D eigenvalue weighted by molar-refractivity contribution is 7.85. The van der Waals surface area contributed by atoms with Crippen LogP contribution in [0.15, 0.2) is 65.2 Å². The molecule has 0 fully saturated rings. The van der Waals surface area contributed by atoms with Gasteiger partial charge in [-0.2, -0.15) is 4.40 Å². The molecule has 1 aromatic heterocycles. The average Bonchev–Trinajstić information content (AvgIpc) is 2.77. The van der Waals surface area contributed by atoms with E-state index in [2.05, 4.69) is 19.4 Å². The predicted octanol–water partition coefficient (Wildman–Crippen LogP) is 2.75. The zero-order valence-electron chi connectivity index (χ0n) is 18.0. The molecule has 33 heavy (non-hydrogen) atoms. The third kappa shape index (κ3) is 5.12. The van der Waals surface area contributed by atoms with E-state index in [1.165, 1.54) is 0 Å². The lowest BCUT2D eigenvalue weighted by Crippen LogP contribution is -2.48. The van der Waals surface area contributed by atoms with Crippen molar-refractivity contribution < 1.29 is 18.8 Å². The summed E-state index contributed by atoms with van der Waals surface area (Å²) in [5.41, 5.74) is 8.02. The molecule has 1 amide bonds. The van der Waals surface area contributed by atoms with Crippen LogP contribution in [-0.4, -0.2) is 38.2 Å². The second kappa shape index (κ2) is 8.91. The highest BCUT2D eigenvalue weighted by Gasteiger charge is 2.25. The zero-order chi connectivity index (χ0) is 23.6. The molecule has 1 aliphatic rings. The number of nitrogens with one attached hydrogen (secondary N) is 2. The van der Waals surface area contributed by atoms with Crippen molar-refractivity contribution in [2.24, 2.45) is 10.1 Å². The number of nitrogens with two attached hydrogens (primary N) is 1. The quantitative estimate of drug-likeness (QED) is 0.441. The van der Waals surface area contributed by atoms with Crippen LogP contribution >= 0.6 is 0 Å². The fraction of sp³-hybridized carbons (Fsp3) is 0.174. The van der Waals surface area contributed by atoms with Crippen molar-refractivity contribution in [1.82, 2.24) is 10.3 Å². The number of fused-ring (bicyclic) bond motifs is 1. The number of amidine groups is 1. The van der Waals surface area contributed by atoms with Gasteiger partial charge in [-0.15, -0.1) is 0 Å². The fourth-order valence-electron chi connectivity index (χ4n) is 3.32. The maximum absolute atomic E-state index is 12.9. The normalized spacial score (nSPS) is 15.1. The third-order valence-corrected chi connectivity index (χ3v) is 5.62. The van der Waals surface area contributed by atoms with Crippen molar-refractivity contribution in [3.8, 4) is 22.8 Å². The van der Waals surface area contributed by atoms with Crippen LogP contribution in [0.5, 0.6) is 11.5 Å². The number of aromatic hydroxyl groups is 1. The SMILES string of the molecule is CC(C)(COc1cccc2c1C(N)=NS(=O)N2)NC(=O)c1ccnc(-c2cccc(O)c2)c1. The number of pyridine rings is 1. The highest BCUT2D eigenvalue weighted by atomic mass is 32.2. The van der Waals surface area contributed by atoms with Gasteiger partial charge in [-0.25, -0.2) is 4.21 Å². The third-order valence-electron chi connectivity index (χ3n) is 4.87. The van der Waals surface area contributed by atoms with E-state index in [0.717, 1.165) is 0 Å². The number of benzene rings is 2. The van der Waals surface area contributed by atoms with Crippen molar-refractivity contribution in [3.05, 3.63) is 71.9 Å². The minimum Gasteiger partial charge on any atom is -0.508 e. The molecule has 0 saturated carbocycles. The lowest BCUT2D eigenvalue weighted by Gasteiger charge is -2.27. The summed E-state index contributed by atoms with van der Waals surface area (Å²) in [4.78, 5) is 17.2. The first-order valence-electron chi connectivity index (χ1n) is 10.1. The van der Waals surface area contributed by atoms with Crippen LogP contribution in [0.2, 0.25) is 0 Å². The number of phenolic OH excluding ortho intramolecular Hbond substituents is 1. The van der Waals surface area contributed by atoms with Gasteiger partial charge >= 0.3 is 0 Å². The first-order chi connectivity index (χ1) is 15.7. The van der Waals surface area contributed by atoms with E-state index in [4.69, 9.17) is 10.5 Å². The van der Waals surface area contributed by atoms with Gasteiger partial charge in [-0.1, -0.05) is 18.2 Å². The number of phenols is 1. The Balaban J connectivity index is 1.47. The summed E-state index contributed by atoms with van der Waals surface area (Å²) in [5, 5.41) is 12.7. The summed E-state index contributed by atoms with van der Waals surface area (Å²) in [6.45, 7) is 3.82. The molecule has 0 spiro atoms. The Bertz CT molecular complexity index is 1280. The van der Waals surface area contributed by atoms with E-state index in [9.17, 15) is 14.1 Å². The lowest BCUT2D eigenvalue weighted by atomic mass is 10.0. The van der Waals surface area contributed by atoms with Gasteiger partial charge in [0.2, 0.25) is 11.2 Å². The van der Waals surface area contributed by atoms with Gasteiger partial charge in [0.25, 0.3) is 5.91 Å². The molecule has 2 heterocycles. The number of nitrogens with zero attached hydrogens (tertiary/aromatic N) is 2. The Kier molecular flexibility index (Phi) is 6.01.